The molecule has 0 unspecified atom stereocenters. The fourth-order valence-corrected chi connectivity index (χ4v) is 6.60. The van der Waals surface area contributed by atoms with E-state index < -0.39 is 21.9 Å². The van der Waals surface area contributed by atoms with E-state index in [0.29, 0.717) is 23.2 Å². The average Bonchev–Trinajstić information content (AvgIpc) is 3.03. The van der Waals surface area contributed by atoms with E-state index in [1.165, 1.54) is 12.3 Å². The highest BCUT2D eigenvalue weighted by Crippen LogP contribution is 2.34. The number of benzene rings is 2. The van der Waals surface area contributed by atoms with Crippen LogP contribution in [0.15, 0.2) is 48.7 Å². The summed E-state index contributed by atoms with van der Waals surface area (Å²) in [5, 5.41) is 6.46. The van der Waals surface area contributed by atoms with Crippen LogP contribution in [0.5, 0.6) is 5.75 Å². The highest BCUT2D eigenvalue weighted by atomic mass is 35.5. The van der Waals surface area contributed by atoms with E-state index >= 15 is 0 Å². The van der Waals surface area contributed by atoms with Gasteiger partial charge in [-0.1, -0.05) is 23.7 Å². The quantitative estimate of drug-likeness (QED) is 0.224. The minimum Gasteiger partial charge on any atom is -0.494 e. The first-order valence-corrected chi connectivity index (χ1v) is 17.7. The molecule has 0 bridgehead atoms. The van der Waals surface area contributed by atoms with E-state index in [1.807, 2.05) is 16.9 Å². The van der Waals surface area contributed by atoms with Crippen LogP contribution >= 0.6 is 11.6 Å². The number of carbonyl (C=O) groups excluding carboxylic acids is 1. The lowest BCUT2D eigenvalue weighted by molar-refractivity contribution is 0.0570. The molecule has 48 heavy (non-hydrogen) atoms. The van der Waals surface area contributed by atoms with Gasteiger partial charge < -0.3 is 29.9 Å². The number of para-hydroxylation sites is 2. The van der Waals surface area contributed by atoms with Crippen LogP contribution in [0, 0.1) is 0 Å². The van der Waals surface area contributed by atoms with Gasteiger partial charge in [0.2, 0.25) is 5.95 Å². The Bertz CT molecular complexity index is 1690. The molecule has 4 N–H and O–H groups in total. The normalized spacial score (nSPS) is 16.7. The molecule has 14 nitrogen and oxygen atoms in total. The van der Waals surface area contributed by atoms with Crippen LogP contribution in [-0.4, -0.2) is 99.3 Å². The van der Waals surface area contributed by atoms with Crippen molar-refractivity contribution in [3.8, 4) is 5.75 Å². The minimum absolute atomic E-state index is 0.141. The van der Waals surface area contributed by atoms with Crippen LogP contribution < -0.4 is 29.7 Å². The minimum atomic E-state index is -4.32. The maximum atomic E-state index is 12.7. The summed E-state index contributed by atoms with van der Waals surface area (Å²) in [4.78, 5) is 28.3. The molecule has 2 aromatic carbocycles. The SMILES string of the molecule is COc1cc(N2CCC(N3CCN(C)CC3)CC2)ccc1Nc1ncc(Cl)c(Nc2ccccc2NS(=O)(=O)NC(=O)OC(C)(C)C)n1. The molecule has 2 aliphatic heterocycles. The molecule has 0 saturated carbocycles. The van der Waals surface area contributed by atoms with Crippen molar-refractivity contribution in [1.82, 2.24) is 24.5 Å². The third-order valence-corrected chi connectivity index (χ3v) is 9.30. The summed E-state index contributed by atoms with van der Waals surface area (Å²) in [7, 11) is -0.516. The van der Waals surface area contributed by atoms with Crippen LogP contribution in [0.4, 0.5) is 39.3 Å². The molecule has 0 aliphatic carbocycles. The molecule has 2 saturated heterocycles. The number of hydrogen-bond acceptors (Lipinski definition) is 12. The van der Waals surface area contributed by atoms with E-state index in [1.54, 1.807) is 46.1 Å². The number of ether oxygens (including phenoxy) is 2. The standard InChI is InChI=1S/C32H44ClN9O5S/c1-32(2,3)47-31(43)39-48(44,45)38-26-9-7-6-8-25(26)35-29-24(33)21-34-30(37-29)36-27-11-10-23(20-28(27)46-5)41-14-12-22(13-15-41)42-18-16-40(4)17-19-42/h6-11,20-22,38H,12-19H2,1-5H3,(H,39,43)(H2,34,35,36,37). The number of likely N-dealkylation sites (N-methyl/N-ethyl adjacent to an activating group) is 1. The molecule has 1 amide bonds. The molecule has 260 valence electrons. The number of nitrogens with one attached hydrogen (secondary N) is 4. The molecule has 16 heteroatoms. The van der Waals surface area contributed by atoms with Gasteiger partial charge in [0, 0.05) is 57.1 Å². The van der Waals surface area contributed by atoms with E-state index in [0.717, 1.165) is 57.8 Å². The predicted octanol–water partition coefficient (Wildman–Crippen LogP) is 5.02. The number of anilines is 6. The Morgan fingerprint density at radius 3 is 2.31 bits per heavy atom. The van der Waals surface area contributed by atoms with Gasteiger partial charge in [-0.25, -0.2) is 14.5 Å². The zero-order valence-corrected chi connectivity index (χ0v) is 29.5. The van der Waals surface area contributed by atoms with Gasteiger partial charge in [-0.2, -0.15) is 13.4 Å². The largest absolute Gasteiger partial charge is 0.494 e. The van der Waals surface area contributed by atoms with Gasteiger partial charge >= 0.3 is 16.3 Å². The Balaban J connectivity index is 1.24. The second kappa shape index (κ2) is 15.0. The number of aromatic nitrogens is 2. The van der Waals surface area contributed by atoms with Gasteiger partial charge in [-0.05, 0) is 64.9 Å². The van der Waals surface area contributed by atoms with Gasteiger partial charge in [0.15, 0.2) is 5.82 Å². The van der Waals surface area contributed by atoms with Crippen LogP contribution in [-0.2, 0) is 14.9 Å². The fraction of sp³-hybridized carbons (Fsp3) is 0.469. The van der Waals surface area contributed by atoms with Crippen molar-refractivity contribution in [2.45, 2.75) is 45.3 Å². The summed E-state index contributed by atoms with van der Waals surface area (Å²) in [5.41, 5.74) is 1.36. The summed E-state index contributed by atoms with van der Waals surface area (Å²) in [6.07, 6.45) is 2.59. The van der Waals surface area contributed by atoms with Crippen LogP contribution in [0.25, 0.3) is 0 Å². The van der Waals surface area contributed by atoms with Crippen molar-refractivity contribution in [3.05, 3.63) is 53.7 Å². The van der Waals surface area contributed by atoms with Gasteiger partial charge in [0.25, 0.3) is 0 Å². The lowest BCUT2D eigenvalue weighted by Crippen LogP contribution is -2.52. The number of halogens is 1. The average molecular weight is 702 g/mol. The maximum absolute atomic E-state index is 12.7. The van der Waals surface area contributed by atoms with Crippen LogP contribution in [0.1, 0.15) is 33.6 Å². The topological polar surface area (TPSA) is 153 Å². The summed E-state index contributed by atoms with van der Waals surface area (Å²) < 4.78 is 40.3. The Hall–Kier alpha value is -4.05. The van der Waals surface area contributed by atoms with E-state index in [-0.39, 0.29) is 22.5 Å². The molecule has 1 aromatic heterocycles. The summed E-state index contributed by atoms with van der Waals surface area (Å²) >= 11 is 6.43. The zero-order chi connectivity index (χ0) is 34.5. The molecule has 0 atom stereocenters. The Labute approximate surface area is 287 Å². The fourth-order valence-electron chi connectivity index (χ4n) is 5.68. The number of piperidine rings is 1. The molecule has 0 radical (unpaired) electrons. The Kier molecular flexibility index (Phi) is 11.0. The van der Waals surface area contributed by atoms with E-state index in [4.69, 9.17) is 21.1 Å². The number of methoxy groups -OCH3 is 1. The van der Waals surface area contributed by atoms with Crippen LogP contribution in [0.2, 0.25) is 5.02 Å². The Morgan fingerprint density at radius 1 is 0.958 bits per heavy atom. The predicted molar refractivity (Wildman–Crippen MR) is 189 cm³/mol. The first kappa shape index (κ1) is 35.3. The van der Waals surface area contributed by atoms with Crippen molar-refractivity contribution in [3.63, 3.8) is 0 Å². The molecule has 2 fully saturated rings. The van der Waals surface area contributed by atoms with Crippen molar-refractivity contribution in [2.75, 3.05) is 73.7 Å². The number of carbonyl (C=O) groups is 1. The van der Waals surface area contributed by atoms with Gasteiger partial charge in [0.05, 0.1) is 30.4 Å². The zero-order valence-electron chi connectivity index (χ0n) is 27.9. The first-order valence-electron chi connectivity index (χ1n) is 15.8. The van der Waals surface area contributed by atoms with Crippen molar-refractivity contribution in [1.29, 1.82) is 0 Å². The number of rotatable bonds is 10. The highest BCUT2D eigenvalue weighted by molar-refractivity contribution is 7.91. The van der Waals surface area contributed by atoms with Crippen LogP contribution in [0.3, 0.4) is 0 Å². The lowest BCUT2D eigenvalue weighted by Gasteiger charge is -2.42. The number of piperazine rings is 1. The summed E-state index contributed by atoms with van der Waals surface area (Å²) in [6.45, 7) is 11.4. The molecule has 5 rings (SSSR count). The Morgan fingerprint density at radius 2 is 1.65 bits per heavy atom. The molecule has 3 heterocycles. The second-order valence-corrected chi connectivity index (χ2v) is 14.7. The molecule has 2 aliphatic rings. The highest BCUT2D eigenvalue weighted by Gasteiger charge is 2.27. The lowest BCUT2D eigenvalue weighted by atomic mass is 10.0. The van der Waals surface area contributed by atoms with E-state index in [2.05, 4.69) is 53.1 Å². The van der Waals surface area contributed by atoms with Gasteiger partial charge in [-0.15, -0.1) is 0 Å². The van der Waals surface area contributed by atoms with Gasteiger partial charge in [0.1, 0.15) is 16.4 Å². The van der Waals surface area contributed by atoms with E-state index in [9.17, 15) is 13.2 Å². The summed E-state index contributed by atoms with van der Waals surface area (Å²) in [5.74, 6) is 1.10. The molecular formula is C32H44ClN9O5S. The van der Waals surface area contributed by atoms with Gasteiger partial charge in [-0.3, -0.25) is 9.62 Å². The van der Waals surface area contributed by atoms with Crippen molar-refractivity contribution >= 4 is 62.4 Å². The summed E-state index contributed by atoms with van der Waals surface area (Å²) in [6, 6.07) is 13.1. The smallest absolute Gasteiger partial charge is 0.422 e. The molecular weight excluding hydrogens is 658 g/mol. The molecule has 3 aromatic rings. The maximum Gasteiger partial charge on any atom is 0.422 e. The second-order valence-electron chi connectivity index (χ2n) is 12.8. The third kappa shape index (κ3) is 9.52. The third-order valence-electron chi connectivity index (χ3n) is 8.10. The molecule has 0 spiro atoms. The van der Waals surface area contributed by atoms with Crippen molar-refractivity contribution in [2.24, 2.45) is 0 Å². The monoisotopic (exact) mass is 701 g/mol. The first-order chi connectivity index (χ1) is 22.8. The number of amides is 1. The number of hydrogen-bond donors (Lipinski definition) is 4. The number of nitrogens with zero attached hydrogens (tertiary/aromatic N) is 5. The van der Waals surface area contributed by atoms with Crippen molar-refractivity contribution < 1.29 is 22.7 Å².